The first-order valence-corrected chi connectivity index (χ1v) is 21.8. The Bertz CT molecular complexity index is 2130. The van der Waals surface area contributed by atoms with Crippen LogP contribution >= 0.6 is 11.8 Å². The van der Waals surface area contributed by atoms with Crippen molar-refractivity contribution in [3.05, 3.63) is 28.2 Å². The smallest absolute Gasteiger partial charge is 0.412 e. The summed E-state index contributed by atoms with van der Waals surface area (Å²) in [5, 5.41) is 90.2. The molecule has 1 saturated heterocycles. The number of hydroxylamine groups is 6. The zero-order valence-electron chi connectivity index (χ0n) is 37.9. The van der Waals surface area contributed by atoms with Crippen LogP contribution in [0.1, 0.15) is 64.7 Å². The third-order valence-corrected chi connectivity index (χ3v) is 12.1. The molecule has 69 heavy (non-hydrogen) atoms. The minimum atomic E-state index is -2.29. The van der Waals surface area contributed by atoms with Gasteiger partial charge in [-0.3, -0.25) is 58.3 Å². The Labute approximate surface area is 407 Å². The predicted molar refractivity (Wildman–Crippen MR) is 235 cm³/mol. The van der Waals surface area contributed by atoms with E-state index in [1.165, 1.54) is 27.0 Å². The van der Waals surface area contributed by atoms with E-state index in [2.05, 4.69) is 20.9 Å². The van der Waals surface area contributed by atoms with Crippen molar-refractivity contribution >= 4 is 65.1 Å². The van der Waals surface area contributed by atoms with Gasteiger partial charge in [-0.15, -0.1) is 11.8 Å². The first-order valence-electron chi connectivity index (χ1n) is 20.8. The van der Waals surface area contributed by atoms with Gasteiger partial charge in [0.05, 0.1) is 70.5 Å². The first kappa shape index (κ1) is 61.5. The van der Waals surface area contributed by atoms with Crippen molar-refractivity contribution < 1.29 is 101 Å². The molecule has 0 unspecified atom stereocenters. The second-order valence-electron chi connectivity index (χ2n) is 15.6. The maximum atomic E-state index is 13.8. The monoisotopic (exact) mass is 1050 g/mol. The number of primary amides is 1. The Kier molecular flexibility index (Phi) is 25.7. The number of thioether (sulfide) groups is 1. The molecule has 0 aliphatic carbocycles. The molecule has 390 valence electrons. The number of carbonyl (C=O) groups is 6. The number of hydrogen-bond donors (Lipinski definition) is 14. The molecular formula is C37H63FeN12O18S+3. The Balaban J connectivity index is 0.0000238. The quantitative estimate of drug-likeness (QED) is 0.0187. The topological polar surface area (TPSA) is 478 Å². The van der Waals surface area contributed by atoms with E-state index in [-0.39, 0.29) is 80.7 Å². The van der Waals surface area contributed by atoms with E-state index in [1.807, 2.05) is 5.32 Å². The molecule has 1 aliphatic rings. The summed E-state index contributed by atoms with van der Waals surface area (Å²) >= 11 is 0.554. The number of amides is 9. The summed E-state index contributed by atoms with van der Waals surface area (Å²) < 4.78 is 1.80. The predicted octanol–water partition coefficient (Wildman–Crippen LogP) is -6.82. The van der Waals surface area contributed by atoms with E-state index >= 15 is 0 Å². The number of carboxylic acids is 1. The normalized spacial score (nSPS) is 19.3. The number of hydrogen-bond acceptors (Lipinski definition) is 16. The number of carbonyl (C=O) groups excluding carboxylic acids is 8. The van der Waals surface area contributed by atoms with Gasteiger partial charge in [0, 0.05) is 30.3 Å². The van der Waals surface area contributed by atoms with Crippen molar-refractivity contribution in [2.75, 3.05) is 26.2 Å². The van der Waals surface area contributed by atoms with Crippen LogP contribution in [-0.4, -0.2) is 213 Å². The summed E-state index contributed by atoms with van der Waals surface area (Å²) in [4.78, 5) is 123. The zero-order valence-corrected chi connectivity index (χ0v) is 39.8. The largest absolute Gasteiger partial charge is 0.480 e. The van der Waals surface area contributed by atoms with Gasteiger partial charge in [-0.05, 0) is 44.6 Å². The fourth-order valence-corrected chi connectivity index (χ4v) is 8.05. The van der Waals surface area contributed by atoms with E-state index in [0.717, 1.165) is 22.3 Å². The van der Waals surface area contributed by atoms with Crippen LogP contribution in [0.4, 0.5) is 4.79 Å². The van der Waals surface area contributed by atoms with Gasteiger partial charge in [0.15, 0.2) is 6.04 Å². The van der Waals surface area contributed by atoms with Crippen LogP contribution in [0.25, 0.3) is 0 Å². The van der Waals surface area contributed by atoms with Crippen LogP contribution in [0.2, 0.25) is 0 Å². The zero-order chi connectivity index (χ0) is 51.7. The standard InChI is InChI=1S/C37H60N12O18S.Fe/c1-17(51)47(65)12-5-8-20(38)30(57)40-21(9-6-13-48(66)18(2)52)31(58)41-22(10-7-14-49(67)19(3)53)32(59)42-23(16-50)33(60)44-25(35(61)62)26(54)29-27(55)28(56)34(68-29)46-15-11-24(43-36(39)63)45(4)37(46)64;/h11,15,20-23,25-29,34,50,54-56,65-67H,5-10,12-14,16,38H2,1-4H3,(H2,39,63)(H,40,57)(H,41,58)(H,42,59)(H,44,60)(H,61,62);/p+3/t20-,21-,22+,23+,25-,26-,27+,28+,29-,34-;/m1./s1. The van der Waals surface area contributed by atoms with Gasteiger partial charge in [0.2, 0.25) is 23.6 Å². The molecule has 0 bridgehead atoms. The number of aromatic nitrogens is 2. The molecule has 10 atom stereocenters. The van der Waals surface area contributed by atoms with E-state index in [4.69, 9.17) is 11.5 Å². The number of nitrogens with one attached hydrogen (secondary N) is 4. The van der Waals surface area contributed by atoms with E-state index in [1.54, 1.807) is 0 Å². The fraction of sp³-hybridized carbons (Fsp3) is 0.649. The van der Waals surface area contributed by atoms with Crippen molar-refractivity contribution in [3.63, 3.8) is 0 Å². The van der Waals surface area contributed by atoms with Gasteiger partial charge in [-0.2, -0.15) is 20.2 Å². The molecule has 30 nitrogen and oxygen atoms in total. The summed E-state index contributed by atoms with van der Waals surface area (Å²) in [5.74, 6) is -7.81. The number of aliphatic hydroxyl groups excluding tert-OH is 4. The molecule has 0 saturated carbocycles. The van der Waals surface area contributed by atoms with Crippen LogP contribution in [0.3, 0.4) is 0 Å². The van der Waals surface area contributed by atoms with Crippen molar-refractivity contribution in [3.8, 4) is 0 Å². The molecule has 1 aromatic rings. The SMILES string of the molecule is CC(=[OH+])N(O)CCC[C@@H](N)C(=O)N[C@H](CCCN(O)C(C)=[OH+])C(=O)N[C@@H](CCCN(O)C(C)=[OH+])C(=O)N[C@@H](CO)C(=O)N[C@@H](C(=O)O)[C@@H](O)[C@H]1S[C@@H](n2ccc(=NC(N)=O)n(C)c2=O)[C@@H](O)[C@@H]1O.[Fe]. The summed E-state index contributed by atoms with van der Waals surface area (Å²) in [6.45, 7) is 1.66. The minimum Gasteiger partial charge on any atom is -0.480 e. The summed E-state index contributed by atoms with van der Waals surface area (Å²) in [5.41, 5.74) is 10.0. The average molecular weight is 1050 g/mol. The second kappa shape index (κ2) is 28.8. The van der Waals surface area contributed by atoms with Gasteiger partial charge < -0.3 is 58.3 Å². The number of aliphatic hydroxyl groups is 4. The van der Waals surface area contributed by atoms with Crippen LogP contribution < -0.4 is 43.9 Å². The van der Waals surface area contributed by atoms with Crippen LogP contribution in [0.5, 0.6) is 0 Å². The summed E-state index contributed by atoms with van der Waals surface area (Å²) in [6.07, 6.45) is -5.60. The van der Waals surface area contributed by atoms with Crippen LogP contribution in [0, 0.1) is 0 Å². The molecule has 0 radical (unpaired) electrons. The van der Waals surface area contributed by atoms with Gasteiger partial charge in [-0.25, -0.2) is 14.4 Å². The van der Waals surface area contributed by atoms with Gasteiger partial charge in [0.25, 0.3) is 0 Å². The number of urea groups is 1. The molecule has 2 heterocycles. The molecule has 9 amide bonds. The molecular weight excluding hydrogens is 988 g/mol. The van der Waals surface area contributed by atoms with E-state index in [9.17, 15) is 89.1 Å². The summed E-state index contributed by atoms with van der Waals surface area (Å²) in [6, 6.07) is -8.63. The Morgan fingerprint density at radius 2 is 1.22 bits per heavy atom. The molecule has 2 rings (SSSR count). The molecule has 0 aromatic carbocycles. The van der Waals surface area contributed by atoms with Crippen molar-refractivity contribution in [1.82, 2.24) is 45.6 Å². The second-order valence-corrected chi connectivity index (χ2v) is 16.9. The third kappa shape index (κ3) is 18.4. The van der Waals surface area contributed by atoms with Crippen molar-refractivity contribution in [2.24, 2.45) is 23.5 Å². The van der Waals surface area contributed by atoms with Crippen LogP contribution in [0.15, 0.2) is 22.1 Å². The number of rotatable bonds is 25. The van der Waals surface area contributed by atoms with E-state index in [0.29, 0.717) is 27.0 Å². The van der Waals surface area contributed by atoms with Gasteiger partial charge in [-0.1, -0.05) is 0 Å². The van der Waals surface area contributed by atoms with Gasteiger partial charge >= 0.3 is 35.4 Å². The average Bonchev–Trinajstić information content (AvgIpc) is 3.56. The van der Waals surface area contributed by atoms with Crippen LogP contribution in [-0.2, 0) is 48.1 Å². The first-order chi connectivity index (χ1) is 31.7. The van der Waals surface area contributed by atoms with E-state index < -0.39 is 125 Å². The number of carboxylic acid groups (broad SMARTS) is 1. The molecule has 19 N–H and O–H groups in total. The molecule has 1 fully saturated rings. The maximum absolute atomic E-state index is 13.8. The van der Waals surface area contributed by atoms with Crippen molar-refractivity contribution in [1.29, 1.82) is 0 Å². The van der Waals surface area contributed by atoms with Crippen molar-refractivity contribution in [2.45, 2.75) is 118 Å². The fourth-order valence-electron chi connectivity index (χ4n) is 6.47. The summed E-state index contributed by atoms with van der Waals surface area (Å²) in [7, 11) is 1.22. The minimum absolute atomic E-state index is 0. The third-order valence-electron chi connectivity index (χ3n) is 10.4. The molecule has 32 heteroatoms. The number of nitrogens with zero attached hydrogens (tertiary/aromatic N) is 6. The Hall–Kier alpha value is -5.54. The maximum Gasteiger partial charge on any atom is 0.412 e. The van der Waals surface area contributed by atoms with Gasteiger partial charge in [0.1, 0.15) is 35.1 Å². The number of nitrogens with two attached hydrogens (primary N) is 2. The molecule has 0 spiro atoms. The molecule has 1 aromatic heterocycles. The molecule has 1 aliphatic heterocycles. The number of aliphatic carboxylic acids is 1. The Morgan fingerprint density at radius 3 is 1.65 bits per heavy atom. The Morgan fingerprint density at radius 1 is 0.783 bits per heavy atom.